The highest BCUT2D eigenvalue weighted by Gasteiger charge is 2.41. The van der Waals surface area contributed by atoms with Crippen LogP contribution >= 0.6 is 0 Å². The van der Waals surface area contributed by atoms with Crippen LogP contribution in [0.25, 0.3) is 10.9 Å². The number of halogens is 3. The molecule has 0 spiro atoms. The fourth-order valence-electron chi connectivity index (χ4n) is 6.33. The lowest BCUT2D eigenvalue weighted by Crippen LogP contribution is -2.49. The molecule has 5 rings (SSSR count). The van der Waals surface area contributed by atoms with E-state index in [4.69, 9.17) is 9.47 Å². The molecule has 2 aromatic carbocycles. The van der Waals surface area contributed by atoms with Gasteiger partial charge in [0.15, 0.2) is 0 Å². The molecule has 238 valence electrons. The van der Waals surface area contributed by atoms with E-state index in [0.29, 0.717) is 86.7 Å². The van der Waals surface area contributed by atoms with Gasteiger partial charge in [0.1, 0.15) is 23.6 Å². The predicted octanol–water partition coefficient (Wildman–Crippen LogP) is 4.84. The Morgan fingerprint density at radius 3 is 2.50 bits per heavy atom. The summed E-state index contributed by atoms with van der Waals surface area (Å²) in [4.78, 5) is 22.0. The first-order chi connectivity index (χ1) is 21.3. The summed E-state index contributed by atoms with van der Waals surface area (Å²) in [5.74, 6) is -1.20. The zero-order chi connectivity index (χ0) is 31.1. The Kier molecular flexibility index (Phi) is 10.6. The zero-order valence-electron chi connectivity index (χ0n) is 25.0. The lowest BCUT2D eigenvalue weighted by molar-refractivity contribution is -0.143. The first-order valence-electron chi connectivity index (χ1n) is 15.1. The van der Waals surface area contributed by atoms with Gasteiger partial charge >= 0.3 is 0 Å². The molecule has 1 atom stereocenters. The number of anilines is 1. The molecule has 1 aromatic heterocycles. The summed E-state index contributed by atoms with van der Waals surface area (Å²) in [7, 11) is 1.57. The summed E-state index contributed by atoms with van der Waals surface area (Å²) >= 11 is 0. The van der Waals surface area contributed by atoms with E-state index in [2.05, 4.69) is 20.1 Å². The Balaban J connectivity index is 1.27. The number of hydroxylamine groups is 1. The van der Waals surface area contributed by atoms with Crippen molar-refractivity contribution in [3.8, 4) is 5.75 Å². The molecule has 1 unspecified atom stereocenters. The van der Waals surface area contributed by atoms with Gasteiger partial charge < -0.3 is 19.7 Å². The number of rotatable bonds is 12. The number of nitrogens with one attached hydrogen (secondary N) is 2. The summed E-state index contributed by atoms with van der Waals surface area (Å²) in [6, 6.07) is 8.72. The second-order valence-corrected chi connectivity index (χ2v) is 11.6. The molecule has 2 aliphatic heterocycles. The molecule has 3 aromatic rings. The number of hydrogen-bond donors (Lipinski definition) is 3. The number of carbonyl (C=O) groups is 1. The van der Waals surface area contributed by atoms with Gasteiger partial charge in [0.25, 0.3) is 0 Å². The van der Waals surface area contributed by atoms with Crippen molar-refractivity contribution in [1.82, 2.24) is 20.3 Å². The molecule has 9 nitrogen and oxygen atoms in total. The average molecular weight is 616 g/mol. The van der Waals surface area contributed by atoms with Crippen molar-refractivity contribution in [3.05, 3.63) is 65.4 Å². The monoisotopic (exact) mass is 615 g/mol. The minimum atomic E-state index is -1.37. The van der Waals surface area contributed by atoms with Gasteiger partial charge in [-0.05, 0) is 74.7 Å². The molecular formula is C32H40F3N5O4. The number of fused-ring (bicyclic) bond motifs is 1. The van der Waals surface area contributed by atoms with E-state index in [1.165, 1.54) is 12.1 Å². The summed E-state index contributed by atoms with van der Waals surface area (Å²) < 4.78 is 54.4. The molecule has 44 heavy (non-hydrogen) atoms. The maximum atomic E-state index is 16.5. The fourth-order valence-corrected chi connectivity index (χ4v) is 6.33. The van der Waals surface area contributed by atoms with Crippen molar-refractivity contribution in [1.29, 1.82) is 0 Å². The lowest BCUT2D eigenvalue weighted by Gasteiger charge is -2.40. The van der Waals surface area contributed by atoms with Gasteiger partial charge in [-0.1, -0.05) is 0 Å². The molecule has 0 radical (unpaired) electrons. The Morgan fingerprint density at radius 1 is 1.09 bits per heavy atom. The van der Waals surface area contributed by atoms with Crippen molar-refractivity contribution in [2.45, 2.75) is 38.4 Å². The second-order valence-electron chi connectivity index (χ2n) is 11.6. The minimum Gasteiger partial charge on any atom is -0.497 e. The van der Waals surface area contributed by atoms with Crippen LogP contribution in [0, 0.1) is 17.0 Å². The summed E-state index contributed by atoms with van der Waals surface area (Å²) in [6.45, 7) is 5.44. The van der Waals surface area contributed by atoms with Crippen molar-refractivity contribution >= 4 is 22.5 Å². The number of ether oxygens (including phenoxy) is 2. The first kappa shape index (κ1) is 32.0. The minimum absolute atomic E-state index is 0.0898. The van der Waals surface area contributed by atoms with E-state index in [9.17, 15) is 18.8 Å². The van der Waals surface area contributed by atoms with E-state index in [-0.39, 0.29) is 12.8 Å². The topological polar surface area (TPSA) is 99.2 Å². The number of morpholine rings is 1. The number of likely N-dealkylation sites (tertiary alicyclic amines) is 1. The Hall–Kier alpha value is -3.45. The van der Waals surface area contributed by atoms with Gasteiger partial charge in [-0.25, -0.2) is 18.7 Å². The number of pyridine rings is 1. The van der Waals surface area contributed by atoms with Crippen LogP contribution in [-0.4, -0.2) is 85.5 Å². The summed E-state index contributed by atoms with van der Waals surface area (Å²) in [6.07, 6.45) is 1.58. The second kappa shape index (κ2) is 14.6. The summed E-state index contributed by atoms with van der Waals surface area (Å²) in [5.41, 5.74) is 3.27. The Bertz CT molecular complexity index is 1410. The quantitative estimate of drug-likeness (QED) is 0.197. The smallest absolute Gasteiger partial charge is 0.249 e. The van der Waals surface area contributed by atoms with Crippen LogP contribution in [0.2, 0.25) is 0 Å². The van der Waals surface area contributed by atoms with Crippen molar-refractivity contribution < 1.29 is 32.6 Å². The number of aromatic nitrogens is 1. The molecule has 1 amide bonds. The van der Waals surface area contributed by atoms with Crippen LogP contribution in [0.15, 0.2) is 42.6 Å². The van der Waals surface area contributed by atoms with Crippen LogP contribution in [0.3, 0.4) is 0 Å². The number of alkyl halides is 1. The normalized spacial score (nSPS) is 18.2. The molecular weight excluding hydrogens is 575 g/mol. The number of benzene rings is 2. The molecule has 0 saturated carbocycles. The Labute approximate surface area is 255 Å². The van der Waals surface area contributed by atoms with Gasteiger partial charge in [-0.2, -0.15) is 0 Å². The molecule has 0 bridgehead atoms. The van der Waals surface area contributed by atoms with Gasteiger partial charge in [-0.3, -0.25) is 19.9 Å². The SMILES string of the molecule is COc1ccc2ncc(CN3CCOCC3)c(C(F)CCC3(C(=O)NO)CCN(CCNc4cc(F)cc(F)c4)CC3)c2c1. The van der Waals surface area contributed by atoms with E-state index in [1.807, 2.05) is 17.6 Å². The van der Waals surface area contributed by atoms with Crippen LogP contribution in [-0.2, 0) is 16.1 Å². The van der Waals surface area contributed by atoms with Gasteiger partial charge in [0.2, 0.25) is 5.91 Å². The van der Waals surface area contributed by atoms with E-state index < -0.39 is 29.1 Å². The highest BCUT2D eigenvalue weighted by atomic mass is 19.1. The van der Waals surface area contributed by atoms with Gasteiger partial charge in [0.05, 0.1) is 31.3 Å². The summed E-state index contributed by atoms with van der Waals surface area (Å²) in [5, 5.41) is 13.3. The zero-order valence-corrected chi connectivity index (χ0v) is 25.0. The number of hydrogen-bond acceptors (Lipinski definition) is 8. The number of carbonyl (C=O) groups excluding carboxylic acids is 1. The number of nitrogens with zero attached hydrogens (tertiary/aromatic N) is 3. The van der Waals surface area contributed by atoms with Crippen molar-refractivity contribution in [2.75, 3.05) is 64.9 Å². The molecule has 3 N–H and O–H groups in total. The van der Waals surface area contributed by atoms with Crippen molar-refractivity contribution in [3.63, 3.8) is 0 Å². The molecule has 3 heterocycles. The average Bonchev–Trinajstić information content (AvgIpc) is 3.03. The van der Waals surface area contributed by atoms with Crippen LogP contribution in [0.5, 0.6) is 5.75 Å². The third-order valence-corrected chi connectivity index (χ3v) is 8.90. The van der Waals surface area contributed by atoms with Crippen molar-refractivity contribution in [2.24, 2.45) is 5.41 Å². The van der Waals surface area contributed by atoms with Crippen LogP contribution in [0.4, 0.5) is 18.9 Å². The molecule has 0 aliphatic carbocycles. The predicted molar refractivity (Wildman–Crippen MR) is 160 cm³/mol. The highest BCUT2D eigenvalue weighted by molar-refractivity contribution is 5.85. The first-order valence-corrected chi connectivity index (χ1v) is 15.1. The maximum absolute atomic E-state index is 16.5. The third kappa shape index (κ3) is 7.60. The van der Waals surface area contributed by atoms with E-state index >= 15 is 4.39 Å². The van der Waals surface area contributed by atoms with Gasteiger partial charge in [0, 0.05) is 61.6 Å². The largest absolute Gasteiger partial charge is 0.497 e. The number of methoxy groups -OCH3 is 1. The van der Waals surface area contributed by atoms with Crippen LogP contribution < -0.4 is 15.5 Å². The number of amides is 1. The molecule has 2 fully saturated rings. The third-order valence-electron chi connectivity index (χ3n) is 8.90. The molecule has 12 heteroatoms. The maximum Gasteiger partial charge on any atom is 0.249 e. The number of piperidine rings is 1. The van der Waals surface area contributed by atoms with Gasteiger partial charge in [-0.15, -0.1) is 0 Å². The molecule has 2 saturated heterocycles. The molecule has 2 aliphatic rings. The fraction of sp³-hybridized carbons (Fsp3) is 0.500. The highest BCUT2D eigenvalue weighted by Crippen LogP contribution is 2.41. The van der Waals surface area contributed by atoms with Crippen LogP contribution in [0.1, 0.15) is 43.0 Å². The van der Waals surface area contributed by atoms with E-state index in [0.717, 1.165) is 24.7 Å². The van der Waals surface area contributed by atoms with E-state index in [1.54, 1.807) is 19.4 Å². The lowest BCUT2D eigenvalue weighted by atomic mass is 9.73. The standard InChI is InChI=1S/C32H40F3N5O4/c1-43-26-2-3-29-27(19-26)30(22(20-37-29)21-40-12-14-44-15-13-40)28(35)4-5-32(31(41)38-42)6-9-39(10-7-32)11-8-36-25-17-23(33)16-24(34)18-25/h2-3,16-20,28,36,42H,4-15,21H2,1H3,(H,38,41). The Morgan fingerprint density at radius 2 is 1.82 bits per heavy atom.